The molecule has 2 heterocycles. The third-order valence-corrected chi connectivity index (χ3v) is 9.43. The van der Waals surface area contributed by atoms with E-state index in [0.717, 1.165) is 4.90 Å². The maximum Gasteiger partial charge on any atom is 0.437 e. The molecule has 37 heavy (non-hydrogen) atoms. The summed E-state index contributed by atoms with van der Waals surface area (Å²) in [6, 6.07) is 5.99. The smallest absolute Gasteiger partial charge is 0.290 e. The van der Waals surface area contributed by atoms with Gasteiger partial charge in [0.15, 0.2) is 9.84 Å². The van der Waals surface area contributed by atoms with Crippen molar-refractivity contribution < 1.29 is 52.3 Å². The van der Waals surface area contributed by atoms with Crippen LogP contribution in [0.15, 0.2) is 47.4 Å². The van der Waals surface area contributed by atoms with E-state index in [1.165, 1.54) is 30.3 Å². The van der Waals surface area contributed by atoms with Gasteiger partial charge in [0.1, 0.15) is 4.75 Å². The Balaban J connectivity index is 1.94. The minimum atomic E-state index is -6.44. The van der Waals surface area contributed by atoms with Crippen molar-refractivity contribution in [3.8, 4) is 0 Å². The molecular formula is C22H18F10N2O2S. The van der Waals surface area contributed by atoms with Crippen LogP contribution in [0.1, 0.15) is 29.8 Å². The van der Waals surface area contributed by atoms with E-state index in [0.29, 0.717) is 6.07 Å². The number of sulfone groups is 1. The molecule has 0 amide bonds. The third-order valence-electron chi connectivity index (χ3n) is 6.88. The molecular weight excluding hydrogens is 546 g/mol. The standard InChI is InChI=1S/C22H18F10N2O2S/c23-19(24,25)12-34-11-10-18(37(35,36)13-4-2-1-3-5-13)14-6-8-16(33-15(14)7-9-17(18)34)20(26,21(27,28)29)22(30,31)32/h1-6,8,17H,7,9-12H2. The molecule has 2 unspecified atom stereocenters. The second kappa shape index (κ2) is 8.55. The number of likely N-dealkylation sites (tertiary alicyclic amines) is 1. The first kappa shape index (κ1) is 27.6. The molecule has 2 aliphatic rings. The SMILES string of the molecule is O=S(=O)(c1ccccc1)C12CCN(CC(F)(F)F)C1CCc1nc(C(F)(C(F)(F)F)C(F)(F)F)ccc12. The zero-order chi connectivity index (χ0) is 27.7. The number of nitrogens with zero attached hydrogens (tertiary/aromatic N) is 2. The largest absolute Gasteiger partial charge is 0.437 e. The van der Waals surface area contributed by atoms with Gasteiger partial charge in [-0.2, -0.15) is 39.5 Å². The van der Waals surface area contributed by atoms with Crippen LogP contribution in [0.25, 0.3) is 0 Å². The summed E-state index contributed by atoms with van der Waals surface area (Å²) in [5, 5.41) is 0. The molecule has 1 aromatic heterocycles. The van der Waals surface area contributed by atoms with Crippen molar-refractivity contribution >= 4 is 9.84 Å². The molecule has 2 aromatic rings. The van der Waals surface area contributed by atoms with Gasteiger partial charge in [-0.05, 0) is 43.0 Å². The summed E-state index contributed by atoms with van der Waals surface area (Å²) in [5.74, 6) is 0. The van der Waals surface area contributed by atoms with Crippen molar-refractivity contribution in [3.63, 3.8) is 0 Å². The highest BCUT2D eigenvalue weighted by Gasteiger charge is 2.75. The molecule has 1 fully saturated rings. The Morgan fingerprint density at radius 3 is 2.03 bits per heavy atom. The van der Waals surface area contributed by atoms with E-state index in [-0.39, 0.29) is 29.5 Å². The minimum absolute atomic E-state index is 0.108. The maximum absolute atomic E-state index is 14.7. The first-order valence-electron chi connectivity index (χ1n) is 10.8. The highest BCUT2D eigenvalue weighted by molar-refractivity contribution is 7.92. The molecule has 15 heteroatoms. The average molecular weight is 564 g/mol. The maximum atomic E-state index is 14.7. The van der Waals surface area contributed by atoms with E-state index in [2.05, 4.69) is 4.98 Å². The van der Waals surface area contributed by atoms with Crippen molar-refractivity contribution in [2.24, 2.45) is 0 Å². The number of pyridine rings is 1. The van der Waals surface area contributed by atoms with Crippen molar-refractivity contribution in [2.45, 2.75) is 59.1 Å². The fourth-order valence-corrected chi connectivity index (χ4v) is 7.73. The number of aryl methyl sites for hydroxylation is 1. The third kappa shape index (κ3) is 4.17. The molecule has 2 atom stereocenters. The number of hydrogen-bond acceptors (Lipinski definition) is 4. The van der Waals surface area contributed by atoms with E-state index in [9.17, 15) is 52.3 Å². The fraction of sp³-hybridized carbons (Fsp3) is 0.500. The predicted molar refractivity (Wildman–Crippen MR) is 109 cm³/mol. The lowest BCUT2D eigenvalue weighted by Crippen LogP contribution is -2.53. The van der Waals surface area contributed by atoms with Gasteiger partial charge in [0.25, 0.3) is 0 Å². The Bertz CT molecular complexity index is 1260. The first-order chi connectivity index (χ1) is 16.9. The Morgan fingerprint density at radius 1 is 0.892 bits per heavy atom. The van der Waals surface area contributed by atoms with Crippen molar-refractivity contribution in [1.82, 2.24) is 9.88 Å². The van der Waals surface area contributed by atoms with Gasteiger partial charge in [-0.25, -0.2) is 12.8 Å². The zero-order valence-corrected chi connectivity index (χ0v) is 19.4. The van der Waals surface area contributed by atoms with E-state index in [1.807, 2.05) is 0 Å². The van der Waals surface area contributed by atoms with Crippen molar-refractivity contribution in [2.75, 3.05) is 13.1 Å². The summed E-state index contributed by atoms with van der Waals surface area (Å²) in [6.45, 7) is -1.84. The first-order valence-corrected chi connectivity index (χ1v) is 12.3. The second-order valence-electron chi connectivity index (χ2n) is 8.94. The van der Waals surface area contributed by atoms with Crippen LogP contribution in [0.3, 0.4) is 0 Å². The van der Waals surface area contributed by atoms with Crippen LogP contribution in [0.5, 0.6) is 0 Å². The normalized spacial score (nSPS) is 23.6. The predicted octanol–water partition coefficient (Wildman–Crippen LogP) is 5.62. The second-order valence-corrected chi connectivity index (χ2v) is 11.1. The van der Waals surface area contributed by atoms with Crippen LogP contribution in [-0.2, 0) is 26.7 Å². The summed E-state index contributed by atoms with van der Waals surface area (Å²) in [4.78, 5) is 3.91. The number of halogens is 10. The van der Waals surface area contributed by atoms with Crippen LogP contribution in [0.2, 0.25) is 0 Å². The van der Waals surface area contributed by atoms with Crippen LogP contribution in [-0.4, -0.2) is 56.0 Å². The van der Waals surface area contributed by atoms with Gasteiger partial charge in [-0.1, -0.05) is 24.3 Å². The molecule has 4 rings (SSSR count). The number of fused-ring (bicyclic) bond motifs is 3. The Labute approximate surface area is 204 Å². The van der Waals surface area contributed by atoms with Gasteiger partial charge in [0.05, 0.1) is 17.1 Å². The van der Waals surface area contributed by atoms with Crippen LogP contribution < -0.4 is 0 Å². The molecule has 204 valence electrons. The van der Waals surface area contributed by atoms with E-state index < -0.39 is 75.6 Å². The topological polar surface area (TPSA) is 50.3 Å². The number of benzene rings is 1. The molecule has 0 N–H and O–H groups in total. The van der Waals surface area contributed by atoms with Gasteiger partial charge in [0.2, 0.25) is 0 Å². The zero-order valence-electron chi connectivity index (χ0n) is 18.6. The monoisotopic (exact) mass is 564 g/mol. The van der Waals surface area contributed by atoms with Crippen molar-refractivity contribution in [1.29, 1.82) is 0 Å². The van der Waals surface area contributed by atoms with Gasteiger partial charge < -0.3 is 0 Å². The lowest BCUT2D eigenvalue weighted by Gasteiger charge is -2.42. The van der Waals surface area contributed by atoms with Gasteiger partial charge in [0, 0.05) is 18.3 Å². The van der Waals surface area contributed by atoms with Gasteiger partial charge in [-0.15, -0.1) is 0 Å². The van der Waals surface area contributed by atoms with Crippen LogP contribution >= 0.6 is 0 Å². The van der Waals surface area contributed by atoms with Gasteiger partial charge >= 0.3 is 24.2 Å². The summed E-state index contributed by atoms with van der Waals surface area (Å²) < 4.78 is 160. The number of alkyl halides is 10. The summed E-state index contributed by atoms with van der Waals surface area (Å²) in [5.41, 5.74) is -8.75. The molecule has 4 nitrogen and oxygen atoms in total. The highest BCUT2D eigenvalue weighted by Crippen LogP contribution is 2.56. The number of aromatic nitrogens is 1. The molecule has 0 radical (unpaired) electrons. The van der Waals surface area contributed by atoms with E-state index in [1.54, 1.807) is 0 Å². The highest BCUT2D eigenvalue weighted by atomic mass is 32.2. The van der Waals surface area contributed by atoms with Crippen LogP contribution in [0, 0.1) is 0 Å². The molecule has 1 aromatic carbocycles. The quantitative estimate of drug-likeness (QED) is 0.453. The Hall–Kier alpha value is -2.42. The summed E-state index contributed by atoms with van der Waals surface area (Å²) in [7, 11) is -4.55. The van der Waals surface area contributed by atoms with E-state index in [4.69, 9.17) is 0 Å². The molecule has 0 spiro atoms. The lowest BCUT2D eigenvalue weighted by molar-refractivity contribution is -0.350. The summed E-state index contributed by atoms with van der Waals surface area (Å²) in [6.07, 6.45) is -18.8. The molecule has 0 saturated carbocycles. The molecule has 1 saturated heterocycles. The number of rotatable bonds is 4. The van der Waals surface area contributed by atoms with E-state index >= 15 is 0 Å². The Morgan fingerprint density at radius 2 is 1.49 bits per heavy atom. The van der Waals surface area contributed by atoms with Gasteiger partial charge in [-0.3, -0.25) is 9.88 Å². The lowest BCUT2D eigenvalue weighted by atomic mass is 9.80. The van der Waals surface area contributed by atoms with Crippen molar-refractivity contribution in [3.05, 3.63) is 59.4 Å². The summed E-state index contributed by atoms with van der Waals surface area (Å²) >= 11 is 0. The fourth-order valence-electron chi connectivity index (χ4n) is 5.34. The minimum Gasteiger partial charge on any atom is -0.290 e. The molecule has 0 bridgehead atoms. The van der Waals surface area contributed by atoms with Crippen LogP contribution in [0.4, 0.5) is 43.9 Å². The molecule has 1 aliphatic carbocycles. The number of hydrogen-bond donors (Lipinski definition) is 0. The Kier molecular flexibility index (Phi) is 6.38. The molecule has 1 aliphatic heterocycles. The average Bonchev–Trinajstić information content (AvgIpc) is 3.16.